The highest BCUT2D eigenvalue weighted by molar-refractivity contribution is 7.86. The topological polar surface area (TPSA) is 189 Å². The van der Waals surface area contributed by atoms with Gasteiger partial charge in [-0.3, -0.25) is 23.5 Å². The highest BCUT2D eigenvalue weighted by atomic mass is 35.5. The lowest BCUT2D eigenvalue weighted by Crippen LogP contribution is -2.74. The molecule has 3 heterocycles. The van der Waals surface area contributed by atoms with E-state index in [0.29, 0.717) is 16.3 Å². The first-order valence-corrected chi connectivity index (χ1v) is 15.7. The highest BCUT2D eigenvalue weighted by Crippen LogP contribution is 2.36. The second-order valence-corrected chi connectivity index (χ2v) is 12.0. The molecule has 1 unspecified atom stereocenters. The van der Waals surface area contributed by atoms with E-state index in [1.54, 1.807) is 31.2 Å². The number of alkyl halides is 1. The third-order valence-corrected chi connectivity index (χ3v) is 9.10. The van der Waals surface area contributed by atoms with Gasteiger partial charge >= 0.3 is 27.5 Å². The van der Waals surface area contributed by atoms with E-state index < -0.39 is 57.4 Å². The SMILES string of the molecule is [B]OC(=O)/C(=C\[B]OC=O)O/N=C(\C(=O)N[C@@H]1C(=O)N2C(C(=O)OCc3ccc(OC)cc3)=C(CCl)CS(=O)[C@H]12)c1csc(C)n1. The molecule has 1 saturated heterocycles. The minimum Gasteiger partial charge on any atom is -0.538 e. The number of aryl methyl sites for hydroxylation is 1. The number of aromatic nitrogens is 1. The molecule has 1 fully saturated rings. The summed E-state index contributed by atoms with van der Waals surface area (Å²) in [5.74, 6) is -3.41. The van der Waals surface area contributed by atoms with Crippen LogP contribution in [0.5, 0.6) is 5.75 Å². The second kappa shape index (κ2) is 15.7. The van der Waals surface area contributed by atoms with E-state index in [1.165, 1.54) is 12.5 Å². The van der Waals surface area contributed by atoms with E-state index in [0.717, 1.165) is 29.7 Å². The van der Waals surface area contributed by atoms with Crippen LogP contribution in [0.1, 0.15) is 16.3 Å². The molecule has 3 radical (unpaired) electrons. The van der Waals surface area contributed by atoms with Crippen LogP contribution in [0.25, 0.3) is 0 Å². The van der Waals surface area contributed by atoms with Crippen LogP contribution in [0.15, 0.2) is 57.8 Å². The molecule has 0 aliphatic carbocycles. The first-order chi connectivity index (χ1) is 22.1. The Morgan fingerprint density at radius 3 is 2.65 bits per heavy atom. The molecule has 20 heteroatoms. The van der Waals surface area contributed by atoms with Gasteiger partial charge in [0.25, 0.3) is 18.3 Å². The molecular formula is C26H22B2ClN4O11S2. The van der Waals surface area contributed by atoms with E-state index in [1.807, 2.05) is 0 Å². The quantitative estimate of drug-likeness (QED) is 0.0270. The third kappa shape index (κ3) is 7.66. The summed E-state index contributed by atoms with van der Waals surface area (Å²) < 4.78 is 32.2. The average molecular weight is 688 g/mol. The van der Waals surface area contributed by atoms with Crippen molar-refractivity contribution in [1.82, 2.24) is 15.2 Å². The predicted molar refractivity (Wildman–Crippen MR) is 163 cm³/mol. The van der Waals surface area contributed by atoms with Crippen molar-refractivity contribution in [2.75, 3.05) is 18.7 Å². The zero-order valence-electron chi connectivity index (χ0n) is 24.0. The fraction of sp³-hybridized carbons (Fsp3) is 0.269. The van der Waals surface area contributed by atoms with Crippen molar-refractivity contribution in [3.63, 3.8) is 0 Å². The van der Waals surface area contributed by atoms with E-state index >= 15 is 0 Å². The lowest BCUT2D eigenvalue weighted by molar-refractivity contribution is -0.153. The Kier molecular flexibility index (Phi) is 11.7. The lowest BCUT2D eigenvalue weighted by Gasteiger charge is -2.49. The summed E-state index contributed by atoms with van der Waals surface area (Å²) in [6, 6.07) is 5.43. The molecule has 1 aromatic carbocycles. The zero-order chi connectivity index (χ0) is 33.4. The van der Waals surface area contributed by atoms with Gasteiger partial charge in [0, 0.05) is 11.3 Å². The maximum absolute atomic E-state index is 13.4. The predicted octanol–water partition coefficient (Wildman–Crippen LogP) is 0.0928. The Morgan fingerprint density at radius 1 is 1.30 bits per heavy atom. The number of rotatable bonds is 14. The van der Waals surface area contributed by atoms with E-state index in [-0.39, 0.29) is 41.7 Å². The van der Waals surface area contributed by atoms with Gasteiger partial charge in [0.2, 0.25) is 5.76 Å². The maximum Gasteiger partial charge on any atom is 0.408 e. The molecule has 46 heavy (non-hydrogen) atoms. The summed E-state index contributed by atoms with van der Waals surface area (Å²) in [7, 11) is 5.41. The Labute approximate surface area is 275 Å². The fourth-order valence-corrected chi connectivity index (χ4v) is 6.81. The van der Waals surface area contributed by atoms with Crippen molar-refractivity contribution in [2.45, 2.75) is 24.9 Å². The van der Waals surface area contributed by atoms with Crippen LogP contribution in [-0.2, 0) is 60.3 Å². The number of ether oxygens (including phenoxy) is 2. The number of β-lactam (4-membered cyclic amide) rings is 1. The Hall–Kier alpha value is -4.48. The molecule has 15 nitrogen and oxygen atoms in total. The lowest BCUT2D eigenvalue weighted by atomic mass is 10.0. The smallest absolute Gasteiger partial charge is 0.408 e. The van der Waals surface area contributed by atoms with Crippen molar-refractivity contribution in [1.29, 1.82) is 0 Å². The normalized spacial score (nSPS) is 19.3. The van der Waals surface area contributed by atoms with Gasteiger partial charge in [-0.2, -0.15) is 0 Å². The van der Waals surface area contributed by atoms with Gasteiger partial charge in [0.1, 0.15) is 35.2 Å². The van der Waals surface area contributed by atoms with Crippen LogP contribution in [0.2, 0.25) is 0 Å². The van der Waals surface area contributed by atoms with Crippen LogP contribution < -0.4 is 10.1 Å². The zero-order valence-corrected chi connectivity index (χ0v) is 26.4. The first-order valence-electron chi connectivity index (χ1n) is 12.9. The molecule has 1 aromatic heterocycles. The molecule has 0 saturated carbocycles. The van der Waals surface area contributed by atoms with Crippen LogP contribution in [0.4, 0.5) is 0 Å². The number of hydrogen-bond acceptors (Lipinski definition) is 14. The minimum absolute atomic E-state index is 0.00843. The van der Waals surface area contributed by atoms with Gasteiger partial charge in [-0.15, -0.1) is 22.9 Å². The molecule has 2 aromatic rings. The number of methoxy groups -OCH3 is 1. The third-order valence-electron chi connectivity index (χ3n) is 6.35. The summed E-state index contributed by atoms with van der Waals surface area (Å²) in [4.78, 5) is 72.6. The van der Waals surface area contributed by atoms with Crippen molar-refractivity contribution in [3.05, 3.63) is 68.9 Å². The van der Waals surface area contributed by atoms with Gasteiger partial charge in [0.15, 0.2) is 5.71 Å². The van der Waals surface area contributed by atoms with E-state index in [2.05, 4.69) is 24.8 Å². The Morgan fingerprint density at radius 2 is 2.04 bits per heavy atom. The number of oxime groups is 1. The van der Waals surface area contributed by atoms with E-state index in [4.69, 9.17) is 34.0 Å². The van der Waals surface area contributed by atoms with E-state index in [9.17, 15) is 28.2 Å². The van der Waals surface area contributed by atoms with Crippen LogP contribution in [-0.4, -0.2) is 95.7 Å². The van der Waals surface area contributed by atoms with Crippen molar-refractivity contribution >= 4 is 85.2 Å². The largest absolute Gasteiger partial charge is 0.538 e. The van der Waals surface area contributed by atoms with Crippen LogP contribution in [0.3, 0.4) is 0 Å². The van der Waals surface area contributed by atoms with Gasteiger partial charge in [0.05, 0.1) is 28.7 Å². The average Bonchev–Trinajstić information content (AvgIpc) is 3.50. The minimum atomic E-state index is -1.77. The summed E-state index contributed by atoms with van der Waals surface area (Å²) in [5, 5.41) is 7.02. The first kappa shape index (κ1) is 34.4. The van der Waals surface area contributed by atoms with Gasteiger partial charge in [-0.05, 0) is 36.2 Å². The molecular weight excluding hydrogens is 666 g/mol. The molecule has 237 valence electrons. The summed E-state index contributed by atoms with van der Waals surface area (Å²) >= 11 is 7.22. The molecule has 0 spiro atoms. The number of nitrogens with one attached hydrogen (secondary N) is 1. The molecule has 0 bridgehead atoms. The molecule has 4 rings (SSSR count). The summed E-state index contributed by atoms with van der Waals surface area (Å²) in [6.07, 6.45) is 0. The van der Waals surface area contributed by atoms with Gasteiger partial charge in [-0.25, -0.2) is 14.6 Å². The second-order valence-electron chi connectivity index (χ2n) is 9.17. The number of thiazole rings is 1. The maximum atomic E-state index is 13.4. The molecule has 2 amide bonds. The standard InChI is InChI=1S/C26H22B2ClN4O11S2/c1-13-30-17(10-45-13)19(32-44-18(25(37)43-27)7-28-42-12-34)22(35)31-20-23(36)33-21(15(8-29)11-46(39)24(20)33)26(38)41-9-14-3-5-16(40-2)6-4-14/h3-7,10,12,20,24H,8-9,11H2,1-2H3,(H,31,35)/b18-7+,32-19-/t20-,24-,46?/m1/s1. The molecule has 1 N–H and O–H groups in total. The number of benzene rings is 1. The number of carbonyl (C=O) groups is 5. The summed E-state index contributed by atoms with van der Waals surface area (Å²) in [6.45, 7) is 1.59. The van der Waals surface area contributed by atoms with Crippen molar-refractivity contribution in [3.8, 4) is 5.75 Å². The number of carbonyl (C=O) groups excluding carboxylic acids is 5. The van der Waals surface area contributed by atoms with Crippen LogP contribution in [0, 0.1) is 6.92 Å². The molecule has 2 aliphatic heterocycles. The Balaban J connectivity index is 1.54. The fourth-order valence-electron chi connectivity index (χ4n) is 4.19. The highest BCUT2D eigenvalue weighted by Gasteiger charge is 2.57. The molecule has 3 atom stereocenters. The molecule has 2 aliphatic rings. The van der Waals surface area contributed by atoms with Gasteiger partial charge in [-0.1, -0.05) is 17.3 Å². The number of esters is 1. The monoisotopic (exact) mass is 687 g/mol. The van der Waals surface area contributed by atoms with Crippen molar-refractivity contribution in [2.24, 2.45) is 5.16 Å². The number of halogens is 1. The number of hydrogen-bond donors (Lipinski definition) is 1. The van der Waals surface area contributed by atoms with Crippen LogP contribution >= 0.6 is 22.9 Å². The van der Waals surface area contributed by atoms with Gasteiger partial charge < -0.3 is 28.9 Å². The van der Waals surface area contributed by atoms with Crippen molar-refractivity contribution < 1.29 is 51.8 Å². The number of fused-ring (bicyclic) bond motifs is 1. The summed E-state index contributed by atoms with van der Waals surface area (Å²) in [5.41, 5.74) is 0.259. The number of amides is 2. The Bertz CT molecular complexity index is 1650. The number of nitrogens with zero attached hydrogens (tertiary/aromatic N) is 3.